The molecule has 0 aromatic carbocycles. The molecule has 1 saturated heterocycles. The van der Waals surface area contributed by atoms with E-state index in [0.29, 0.717) is 25.8 Å². The minimum Gasteiger partial charge on any atom is -0.480 e. The van der Waals surface area contributed by atoms with Gasteiger partial charge in [0.05, 0.1) is 6.54 Å². The maximum atomic E-state index is 13.1. The average Bonchev–Trinajstić information content (AvgIpc) is 2.11. The lowest BCUT2D eigenvalue weighted by molar-refractivity contribution is -0.148. The highest BCUT2D eigenvalue weighted by Crippen LogP contribution is 2.28. The van der Waals surface area contributed by atoms with Crippen LogP contribution in [0.2, 0.25) is 0 Å². The number of rotatable bonds is 4. The molecule has 1 aliphatic rings. The van der Waals surface area contributed by atoms with Crippen molar-refractivity contribution in [1.29, 1.82) is 0 Å². The molecule has 0 amide bonds. The zero-order valence-electron chi connectivity index (χ0n) is 8.88. The van der Waals surface area contributed by atoms with E-state index in [4.69, 9.17) is 5.11 Å². The molecule has 88 valence electrons. The first-order valence-corrected chi connectivity index (χ1v) is 5.31. The SMILES string of the molecule is CCCC(C(=O)O)N1CCCC(F)(F)C1. The zero-order valence-corrected chi connectivity index (χ0v) is 8.88. The van der Waals surface area contributed by atoms with Crippen molar-refractivity contribution in [1.82, 2.24) is 4.90 Å². The maximum absolute atomic E-state index is 13.1. The van der Waals surface area contributed by atoms with Crippen LogP contribution in [0.25, 0.3) is 0 Å². The summed E-state index contributed by atoms with van der Waals surface area (Å²) < 4.78 is 26.2. The van der Waals surface area contributed by atoms with Crippen LogP contribution in [-0.4, -0.2) is 41.0 Å². The summed E-state index contributed by atoms with van der Waals surface area (Å²) >= 11 is 0. The molecule has 1 aliphatic heterocycles. The molecular weight excluding hydrogens is 204 g/mol. The molecule has 1 N–H and O–H groups in total. The van der Waals surface area contributed by atoms with Crippen LogP contribution in [0.5, 0.6) is 0 Å². The summed E-state index contributed by atoms with van der Waals surface area (Å²) in [7, 11) is 0. The second kappa shape index (κ2) is 4.88. The van der Waals surface area contributed by atoms with Gasteiger partial charge in [0.25, 0.3) is 5.92 Å². The third kappa shape index (κ3) is 3.41. The Morgan fingerprint density at radius 2 is 2.27 bits per heavy atom. The molecule has 0 saturated carbocycles. The summed E-state index contributed by atoms with van der Waals surface area (Å²) in [5.41, 5.74) is 0. The number of hydrogen-bond donors (Lipinski definition) is 1. The summed E-state index contributed by atoms with van der Waals surface area (Å²) in [4.78, 5) is 12.3. The molecule has 0 bridgehead atoms. The van der Waals surface area contributed by atoms with E-state index in [1.165, 1.54) is 4.90 Å². The Kier molecular flexibility index (Phi) is 4.02. The number of halogens is 2. The van der Waals surface area contributed by atoms with Crippen molar-refractivity contribution in [2.75, 3.05) is 13.1 Å². The van der Waals surface area contributed by atoms with Crippen LogP contribution in [0.3, 0.4) is 0 Å². The van der Waals surface area contributed by atoms with E-state index in [1.807, 2.05) is 6.92 Å². The van der Waals surface area contributed by atoms with Crippen LogP contribution >= 0.6 is 0 Å². The van der Waals surface area contributed by atoms with E-state index in [1.54, 1.807) is 0 Å². The van der Waals surface area contributed by atoms with Gasteiger partial charge in [-0.25, -0.2) is 8.78 Å². The van der Waals surface area contributed by atoms with Gasteiger partial charge in [-0.2, -0.15) is 0 Å². The third-order valence-corrected chi connectivity index (χ3v) is 2.71. The first-order chi connectivity index (χ1) is 6.96. The molecule has 1 rings (SSSR count). The van der Waals surface area contributed by atoms with Crippen molar-refractivity contribution in [2.24, 2.45) is 0 Å². The largest absolute Gasteiger partial charge is 0.480 e. The number of likely N-dealkylation sites (tertiary alicyclic amines) is 1. The fourth-order valence-electron chi connectivity index (χ4n) is 2.00. The minimum absolute atomic E-state index is 0.123. The van der Waals surface area contributed by atoms with Gasteiger partial charge in [0.15, 0.2) is 0 Å². The number of aliphatic carboxylic acids is 1. The van der Waals surface area contributed by atoms with Gasteiger partial charge in [-0.1, -0.05) is 13.3 Å². The zero-order chi connectivity index (χ0) is 11.5. The minimum atomic E-state index is -2.72. The number of carbonyl (C=O) groups is 1. The van der Waals surface area contributed by atoms with E-state index in [9.17, 15) is 13.6 Å². The van der Waals surface area contributed by atoms with Crippen molar-refractivity contribution >= 4 is 5.97 Å². The van der Waals surface area contributed by atoms with Gasteiger partial charge in [0, 0.05) is 6.42 Å². The molecule has 1 heterocycles. The Balaban J connectivity index is 2.63. The van der Waals surface area contributed by atoms with Crippen molar-refractivity contribution in [3.63, 3.8) is 0 Å². The highest BCUT2D eigenvalue weighted by molar-refractivity contribution is 5.73. The lowest BCUT2D eigenvalue weighted by Crippen LogP contribution is -2.50. The number of piperidine rings is 1. The molecule has 0 spiro atoms. The van der Waals surface area contributed by atoms with E-state index in [0.717, 1.165) is 0 Å². The van der Waals surface area contributed by atoms with Gasteiger partial charge in [0.1, 0.15) is 6.04 Å². The maximum Gasteiger partial charge on any atom is 0.320 e. The van der Waals surface area contributed by atoms with Gasteiger partial charge < -0.3 is 5.11 Å². The number of nitrogens with zero attached hydrogens (tertiary/aromatic N) is 1. The summed E-state index contributed by atoms with van der Waals surface area (Å²) in [6.07, 6.45) is 1.38. The number of alkyl halides is 2. The van der Waals surface area contributed by atoms with Crippen LogP contribution in [0.1, 0.15) is 32.6 Å². The van der Waals surface area contributed by atoms with Crippen LogP contribution in [-0.2, 0) is 4.79 Å². The van der Waals surface area contributed by atoms with Crippen LogP contribution in [0.4, 0.5) is 8.78 Å². The summed E-state index contributed by atoms with van der Waals surface area (Å²) in [5.74, 6) is -3.71. The molecule has 1 unspecified atom stereocenters. The molecule has 1 fully saturated rings. The van der Waals surface area contributed by atoms with Crippen LogP contribution < -0.4 is 0 Å². The van der Waals surface area contributed by atoms with E-state index in [2.05, 4.69) is 0 Å². The smallest absolute Gasteiger partial charge is 0.320 e. The number of carboxylic acid groups (broad SMARTS) is 1. The Morgan fingerprint density at radius 3 is 2.73 bits per heavy atom. The lowest BCUT2D eigenvalue weighted by atomic mass is 10.0. The molecule has 0 aromatic heterocycles. The van der Waals surface area contributed by atoms with E-state index in [-0.39, 0.29) is 6.42 Å². The summed E-state index contributed by atoms with van der Waals surface area (Å²) in [6.45, 7) is 1.91. The van der Waals surface area contributed by atoms with Gasteiger partial charge in [-0.05, 0) is 19.4 Å². The molecule has 5 heteroatoms. The first-order valence-electron chi connectivity index (χ1n) is 5.31. The van der Waals surface area contributed by atoms with Crippen LogP contribution in [0.15, 0.2) is 0 Å². The lowest BCUT2D eigenvalue weighted by Gasteiger charge is -2.36. The Hall–Kier alpha value is -0.710. The Bertz CT molecular complexity index is 233. The molecule has 0 radical (unpaired) electrons. The topological polar surface area (TPSA) is 40.5 Å². The van der Waals surface area contributed by atoms with Gasteiger partial charge in [-0.15, -0.1) is 0 Å². The van der Waals surface area contributed by atoms with Crippen LogP contribution in [0, 0.1) is 0 Å². The fourth-order valence-corrected chi connectivity index (χ4v) is 2.00. The third-order valence-electron chi connectivity index (χ3n) is 2.71. The van der Waals surface area contributed by atoms with Crippen molar-refractivity contribution in [3.8, 4) is 0 Å². The second-order valence-electron chi connectivity index (χ2n) is 4.07. The normalized spacial score (nSPS) is 23.7. The monoisotopic (exact) mass is 221 g/mol. The van der Waals surface area contributed by atoms with Crippen molar-refractivity contribution in [2.45, 2.75) is 44.6 Å². The van der Waals surface area contributed by atoms with Gasteiger partial charge in [0.2, 0.25) is 0 Å². The van der Waals surface area contributed by atoms with Gasteiger partial charge >= 0.3 is 5.97 Å². The fraction of sp³-hybridized carbons (Fsp3) is 0.900. The van der Waals surface area contributed by atoms with Crippen molar-refractivity contribution in [3.05, 3.63) is 0 Å². The molecule has 3 nitrogen and oxygen atoms in total. The van der Waals surface area contributed by atoms with E-state index >= 15 is 0 Å². The molecule has 1 atom stereocenters. The second-order valence-corrected chi connectivity index (χ2v) is 4.07. The summed E-state index contributed by atoms with van der Waals surface area (Å²) in [5, 5.41) is 8.94. The molecule has 0 aromatic rings. The molecule has 15 heavy (non-hydrogen) atoms. The highest BCUT2D eigenvalue weighted by Gasteiger charge is 2.39. The Morgan fingerprint density at radius 1 is 1.60 bits per heavy atom. The first kappa shape index (κ1) is 12.4. The molecule has 0 aliphatic carbocycles. The standard InChI is InChI=1S/C10H17F2NO2/c1-2-4-8(9(14)15)13-6-3-5-10(11,12)7-13/h8H,2-7H2,1H3,(H,14,15). The van der Waals surface area contributed by atoms with E-state index < -0.39 is 24.5 Å². The van der Waals surface area contributed by atoms with Gasteiger partial charge in [-0.3, -0.25) is 9.69 Å². The predicted octanol–water partition coefficient (Wildman–Crippen LogP) is 1.97. The summed E-state index contributed by atoms with van der Waals surface area (Å²) in [6, 6.07) is -0.749. The highest BCUT2D eigenvalue weighted by atomic mass is 19.3. The number of hydrogen-bond acceptors (Lipinski definition) is 2. The quantitative estimate of drug-likeness (QED) is 0.789. The number of carboxylic acids is 1. The average molecular weight is 221 g/mol. The Labute approximate surface area is 88.1 Å². The predicted molar refractivity (Wildman–Crippen MR) is 52.1 cm³/mol. The van der Waals surface area contributed by atoms with Crippen molar-refractivity contribution < 1.29 is 18.7 Å². The molecular formula is C10H17F2NO2.